The molecular weight excluding hydrogens is 230 g/mol. The van der Waals surface area contributed by atoms with Gasteiger partial charge in [-0.1, -0.05) is 6.92 Å². The third-order valence-corrected chi connectivity index (χ3v) is 2.93. The topological polar surface area (TPSA) is 56.2 Å². The summed E-state index contributed by atoms with van der Waals surface area (Å²) in [6.07, 6.45) is 1.68. The molecule has 0 aliphatic heterocycles. The second kappa shape index (κ2) is 7.16. The number of esters is 1. The number of aryl methyl sites for hydroxylation is 3. The quantitative estimate of drug-likeness (QED) is 0.590. The number of carbonyl (C=O) groups is 1. The highest BCUT2D eigenvalue weighted by molar-refractivity contribution is 5.75. The van der Waals surface area contributed by atoms with Crippen LogP contribution in [0, 0.1) is 13.8 Å². The minimum absolute atomic E-state index is 0.191. The van der Waals surface area contributed by atoms with Crippen LogP contribution < -0.4 is 5.32 Å². The van der Waals surface area contributed by atoms with Crippen molar-refractivity contribution in [1.29, 1.82) is 0 Å². The van der Waals surface area contributed by atoms with Gasteiger partial charge in [0.25, 0.3) is 0 Å². The van der Waals surface area contributed by atoms with E-state index in [9.17, 15) is 4.79 Å². The lowest BCUT2D eigenvalue weighted by Crippen LogP contribution is -2.37. The van der Waals surface area contributed by atoms with Gasteiger partial charge in [-0.2, -0.15) is 5.10 Å². The maximum atomic E-state index is 11.4. The van der Waals surface area contributed by atoms with Gasteiger partial charge >= 0.3 is 5.97 Å². The van der Waals surface area contributed by atoms with Crippen molar-refractivity contribution in [2.24, 2.45) is 0 Å². The normalized spacial score (nSPS) is 12.4. The molecule has 0 saturated heterocycles. The van der Waals surface area contributed by atoms with Crippen molar-refractivity contribution in [2.45, 2.75) is 46.2 Å². The number of rotatable bonds is 7. The molecule has 0 spiro atoms. The Balaban J connectivity index is 2.30. The zero-order valence-electron chi connectivity index (χ0n) is 11.7. The van der Waals surface area contributed by atoms with Gasteiger partial charge in [-0.15, -0.1) is 0 Å². The smallest absolute Gasteiger partial charge is 0.322 e. The van der Waals surface area contributed by atoms with E-state index in [1.807, 2.05) is 18.5 Å². The zero-order chi connectivity index (χ0) is 13.5. The summed E-state index contributed by atoms with van der Waals surface area (Å²) in [6, 6.07) is 1.87. The highest BCUT2D eigenvalue weighted by Gasteiger charge is 2.15. The van der Waals surface area contributed by atoms with E-state index < -0.39 is 0 Å². The molecule has 1 unspecified atom stereocenters. The fraction of sp³-hybridized carbons (Fsp3) is 0.692. The van der Waals surface area contributed by atoms with Crippen molar-refractivity contribution in [3.63, 3.8) is 0 Å². The van der Waals surface area contributed by atoms with Crippen molar-refractivity contribution in [1.82, 2.24) is 15.1 Å². The molecule has 18 heavy (non-hydrogen) atoms. The minimum Gasteiger partial charge on any atom is -0.468 e. The van der Waals surface area contributed by atoms with Gasteiger partial charge < -0.3 is 10.1 Å². The predicted octanol–water partition coefficient (Wildman–Crippen LogP) is 1.43. The minimum atomic E-state index is -0.199. The summed E-state index contributed by atoms with van der Waals surface area (Å²) in [4.78, 5) is 11.4. The molecule has 5 heteroatoms. The van der Waals surface area contributed by atoms with Gasteiger partial charge in [-0.25, -0.2) is 0 Å². The van der Waals surface area contributed by atoms with Gasteiger partial charge in [0.1, 0.15) is 6.04 Å². The first-order chi connectivity index (χ1) is 8.58. The maximum absolute atomic E-state index is 11.4. The van der Waals surface area contributed by atoms with E-state index in [1.165, 1.54) is 12.8 Å². The van der Waals surface area contributed by atoms with Crippen molar-refractivity contribution in [3.05, 3.63) is 17.5 Å². The van der Waals surface area contributed by atoms with E-state index in [0.29, 0.717) is 0 Å². The average molecular weight is 253 g/mol. The Kier molecular flexibility index (Phi) is 5.85. The summed E-state index contributed by atoms with van der Waals surface area (Å²) in [7, 11) is 1.42. The highest BCUT2D eigenvalue weighted by atomic mass is 16.5. The SMILES string of the molecule is CCC(NCCCn1nc(C)cc1C)C(=O)OC. The molecule has 5 nitrogen and oxygen atoms in total. The number of hydrogen-bond acceptors (Lipinski definition) is 4. The predicted molar refractivity (Wildman–Crippen MR) is 70.4 cm³/mol. The van der Waals surface area contributed by atoms with Crippen LogP contribution in [0.3, 0.4) is 0 Å². The van der Waals surface area contributed by atoms with E-state index >= 15 is 0 Å². The van der Waals surface area contributed by atoms with Crippen molar-refractivity contribution >= 4 is 5.97 Å². The molecule has 102 valence electrons. The van der Waals surface area contributed by atoms with Crippen molar-refractivity contribution in [2.75, 3.05) is 13.7 Å². The average Bonchev–Trinajstić information content (AvgIpc) is 2.67. The van der Waals surface area contributed by atoms with Gasteiger partial charge in [0.05, 0.1) is 12.8 Å². The molecule has 0 aromatic carbocycles. The van der Waals surface area contributed by atoms with Crippen LogP contribution in [0.1, 0.15) is 31.2 Å². The van der Waals surface area contributed by atoms with Gasteiger partial charge in [-0.05, 0) is 39.3 Å². The molecule has 0 amide bonds. The number of hydrogen-bond donors (Lipinski definition) is 1. The lowest BCUT2D eigenvalue weighted by molar-refractivity contribution is -0.143. The van der Waals surface area contributed by atoms with Crippen LogP contribution in [0.5, 0.6) is 0 Å². The summed E-state index contributed by atoms with van der Waals surface area (Å²) in [6.45, 7) is 7.66. The van der Waals surface area contributed by atoms with Crippen molar-refractivity contribution < 1.29 is 9.53 Å². The zero-order valence-corrected chi connectivity index (χ0v) is 11.7. The van der Waals surface area contributed by atoms with Gasteiger partial charge in [0, 0.05) is 12.2 Å². The molecule has 1 aromatic rings. The number of ether oxygens (including phenoxy) is 1. The number of nitrogens with zero attached hydrogens (tertiary/aromatic N) is 2. The van der Waals surface area contributed by atoms with Crippen LogP contribution >= 0.6 is 0 Å². The maximum Gasteiger partial charge on any atom is 0.322 e. The Bertz CT molecular complexity index is 388. The Morgan fingerprint density at radius 1 is 1.56 bits per heavy atom. The van der Waals surface area contributed by atoms with Gasteiger partial charge in [-0.3, -0.25) is 9.48 Å². The molecular formula is C13H23N3O2. The number of carbonyl (C=O) groups excluding carboxylic acids is 1. The van der Waals surface area contributed by atoms with Crippen LogP contribution in [-0.4, -0.2) is 35.4 Å². The second-order valence-corrected chi connectivity index (χ2v) is 4.44. The molecule has 0 aliphatic rings. The number of aromatic nitrogens is 2. The van der Waals surface area contributed by atoms with Gasteiger partial charge in [0.2, 0.25) is 0 Å². The third-order valence-electron chi connectivity index (χ3n) is 2.93. The molecule has 1 aromatic heterocycles. The largest absolute Gasteiger partial charge is 0.468 e. The molecule has 1 rings (SSSR count). The first kappa shape index (κ1) is 14.7. The monoisotopic (exact) mass is 253 g/mol. The standard InChI is InChI=1S/C13H23N3O2/c1-5-12(13(17)18-4)14-7-6-8-16-11(3)9-10(2)15-16/h9,12,14H,5-8H2,1-4H3. The van der Waals surface area contributed by atoms with E-state index in [1.54, 1.807) is 0 Å². The Morgan fingerprint density at radius 2 is 2.28 bits per heavy atom. The van der Waals surface area contributed by atoms with Gasteiger partial charge in [0.15, 0.2) is 0 Å². The molecule has 0 aliphatic carbocycles. The lowest BCUT2D eigenvalue weighted by Gasteiger charge is -2.14. The third kappa shape index (κ3) is 4.14. The van der Waals surface area contributed by atoms with E-state index in [0.717, 1.165) is 31.6 Å². The van der Waals surface area contributed by atoms with E-state index in [-0.39, 0.29) is 12.0 Å². The summed E-state index contributed by atoms with van der Waals surface area (Å²) in [5.74, 6) is -0.191. The fourth-order valence-electron chi connectivity index (χ4n) is 1.94. The van der Waals surface area contributed by atoms with Crippen molar-refractivity contribution in [3.8, 4) is 0 Å². The van der Waals surface area contributed by atoms with E-state index in [2.05, 4.69) is 23.4 Å². The van der Waals surface area contributed by atoms with Crippen LogP contribution in [0.4, 0.5) is 0 Å². The molecule has 1 N–H and O–H groups in total. The number of methoxy groups -OCH3 is 1. The molecule has 0 bridgehead atoms. The first-order valence-electron chi connectivity index (χ1n) is 6.40. The Labute approximate surface area is 109 Å². The van der Waals surface area contributed by atoms with Crippen LogP contribution in [0.15, 0.2) is 6.07 Å². The first-order valence-corrected chi connectivity index (χ1v) is 6.40. The highest BCUT2D eigenvalue weighted by Crippen LogP contribution is 2.02. The Morgan fingerprint density at radius 3 is 2.78 bits per heavy atom. The second-order valence-electron chi connectivity index (χ2n) is 4.44. The summed E-state index contributed by atoms with van der Waals surface area (Å²) < 4.78 is 6.72. The van der Waals surface area contributed by atoms with Crippen LogP contribution in [0.25, 0.3) is 0 Å². The van der Waals surface area contributed by atoms with E-state index in [4.69, 9.17) is 4.74 Å². The van der Waals surface area contributed by atoms with Crippen LogP contribution in [-0.2, 0) is 16.1 Å². The Hall–Kier alpha value is -1.36. The number of nitrogens with one attached hydrogen (secondary N) is 1. The molecule has 0 saturated carbocycles. The lowest BCUT2D eigenvalue weighted by atomic mass is 10.2. The molecule has 1 heterocycles. The summed E-state index contributed by atoms with van der Waals surface area (Å²) >= 11 is 0. The summed E-state index contributed by atoms with van der Waals surface area (Å²) in [5, 5.41) is 7.60. The summed E-state index contributed by atoms with van der Waals surface area (Å²) in [5.41, 5.74) is 2.22. The fourth-order valence-corrected chi connectivity index (χ4v) is 1.94. The molecule has 0 radical (unpaired) electrons. The molecule has 0 fully saturated rings. The molecule has 1 atom stereocenters. The van der Waals surface area contributed by atoms with Crippen LogP contribution in [0.2, 0.25) is 0 Å².